The van der Waals surface area contributed by atoms with E-state index in [1.165, 1.54) is 45.5 Å². The molecule has 0 aliphatic heterocycles. The summed E-state index contributed by atoms with van der Waals surface area (Å²) in [7, 11) is -1.77. The molecule has 0 N–H and O–H groups in total. The van der Waals surface area contributed by atoms with Crippen LogP contribution in [0.2, 0.25) is 0 Å². The summed E-state index contributed by atoms with van der Waals surface area (Å²) in [4.78, 5) is 3.15. The molecule has 0 fully saturated rings. The first-order valence-corrected chi connectivity index (χ1v) is 13.5. The lowest BCUT2D eigenvalue weighted by atomic mass is 10.1. The molecule has 1 aromatic heterocycles. The summed E-state index contributed by atoms with van der Waals surface area (Å²) in [6.07, 6.45) is 0.424. The van der Waals surface area contributed by atoms with Gasteiger partial charge in [-0.25, -0.2) is 30.9 Å². The molecule has 1 atom stereocenters. The van der Waals surface area contributed by atoms with E-state index in [-0.39, 0.29) is 17.2 Å². The second kappa shape index (κ2) is 11.3. The number of halogens is 3. The Morgan fingerprint density at radius 3 is 2.37 bits per heavy atom. The van der Waals surface area contributed by atoms with Gasteiger partial charge >= 0.3 is 0 Å². The van der Waals surface area contributed by atoms with E-state index in [1.807, 2.05) is 0 Å². The summed E-state index contributed by atoms with van der Waals surface area (Å²) in [6, 6.07) is 11.7. The summed E-state index contributed by atoms with van der Waals surface area (Å²) in [6.45, 7) is 1.18. The number of thiazole rings is 1. The third-order valence-electron chi connectivity index (χ3n) is 5.64. The molecule has 38 heavy (non-hydrogen) atoms. The molecule has 7 nitrogen and oxygen atoms in total. The zero-order valence-electron chi connectivity index (χ0n) is 20.5. The van der Waals surface area contributed by atoms with Gasteiger partial charge in [0.05, 0.1) is 20.8 Å². The Bertz CT molecular complexity index is 1530. The van der Waals surface area contributed by atoms with Crippen LogP contribution in [0.5, 0.6) is 17.2 Å². The highest BCUT2D eigenvalue weighted by Crippen LogP contribution is 2.35. The lowest BCUT2D eigenvalue weighted by Crippen LogP contribution is -2.31. The van der Waals surface area contributed by atoms with E-state index < -0.39 is 44.2 Å². The number of nitrogens with zero attached hydrogens (tertiary/aromatic N) is 2. The molecule has 200 valence electrons. The number of benzene rings is 3. The molecule has 0 saturated heterocycles. The minimum absolute atomic E-state index is 0.0381. The van der Waals surface area contributed by atoms with Crippen molar-refractivity contribution in [1.82, 2.24) is 4.98 Å². The predicted octanol–water partition coefficient (Wildman–Crippen LogP) is 6.11. The number of hydrogen-bond acceptors (Lipinski definition) is 7. The zero-order valence-corrected chi connectivity index (χ0v) is 22.2. The fourth-order valence-corrected chi connectivity index (χ4v) is 6.04. The molecule has 0 bridgehead atoms. The van der Waals surface area contributed by atoms with Crippen LogP contribution in [-0.4, -0.2) is 27.6 Å². The van der Waals surface area contributed by atoms with Crippen molar-refractivity contribution >= 4 is 26.5 Å². The minimum Gasteiger partial charge on any atom is -0.497 e. The van der Waals surface area contributed by atoms with Crippen LogP contribution in [0.15, 0.2) is 71.1 Å². The fraction of sp³-hybridized carbons (Fsp3) is 0.192. The zero-order chi connectivity index (χ0) is 27.4. The van der Waals surface area contributed by atoms with Gasteiger partial charge in [-0.3, -0.25) is 0 Å². The van der Waals surface area contributed by atoms with Gasteiger partial charge in [0.15, 0.2) is 16.7 Å². The number of rotatable bonds is 10. The van der Waals surface area contributed by atoms with E-state index in [0.29, 0.717) is 29.2 Å². The molecule has 0 spiro atoms. The van der Waals surface area contributed by atoms with Crippen LogP contribution in [0.4, 0.5) is 18.3 Å². The molecule has 0 saturated carbocycles. The van der Waals surface area contributed by atoms with Gasteiger partial charge in [-0.1, -0.05) is 18.2 Å². The van der Waals surface area contributed by atoms with Gasteiger partial charge in [0.25, 0.3) is 10.0 Å². The Labute approximate surface area is 222 Å². The summed E-state index contributed by atoms with van der Waals surface area (Å²) < 4.78 is 88.6. The maximum absolute atomic E-state index is 15.3. The number of sulfonamides is 1. The van der Waals surface area contributed by atoms with Gasteiger partial charge in [0.1, 0.15) is 34.1 Å². The normalized spacial score (nSPS) is 12.2. The van der Waals surface area contributed by atoms with Crippen molar-refractivity contribution in [1.29, 1.82) is 0 Å². The maximum Gasteiger partial charge on any atom is 0.269 e. The van der Waals surface area contributed by atoms with Crippen molar-refractivity contribution in [2.24, 2.45) is 0 Å². The van der Waals surface area contributed by atoms with Crippen LogP contribution in [0, 0.1) is 17.5 Å². The summed E-state index contributed by atoms with van der Waals surface area (Å²) in [5.74, 6) is -2.69. The predicted molar refractivity (Wildman–Crippen MR) is 137 cm³/mol. The molecule has 3 aromatic carbocycles. The van der Waals surface area contributed by atoms with Gasteiger partial charge in [0.2, 0.25) is 0 Å². The third kappa shape index (κ3) is 5.55. The molecular formula is C26H23F3N2O5S2. The topological polar surface area (TPSA) is 78.0 Å². The third-order valence-corrected chi connectivity index (χ3v) is 8.30. The van der Waals surface area contributed by atoms with Crippen LogP contribution in [0.1, 0.15) is 24.2 Å². The summed E-state index contributed by atoms with van der Waals surface area (Å²) in [5, 5.41) is 1.59. The minimum atomic E-state index is -4.66. The highest BCUT2D eigenvalue weighted by atomic mass is 32.2. The van der Waals surface area contributed by atoms with E-state index in [2.05, 4.69) is 4.98 Å². The van der Waals surface area contributed by atoms with Crippen molar-refractivity contribution in [2.75, 3.05) is 18.5 Å². The van der Waals surface area contributed by atoms with Crippen LogP contribution in [0.25, 0.3) is 0 Å². The van der Waals surface area contributed by atoms with Crippen molar-refractivity contribution < 1.29 is 35.8 Å². The maximum atomic E-state index is 15.3. The van der Waals surface area contributed by atoms with Crippen LogP contribution < -0.4 is 18.5 Å². The standard InChI is InChI=1S/C26H23F3N2O5S2/c1-16(19-6-4-5-7-20(19)27)36-24-13-22(29)25(14-21(24)28)38(32,33)31(26-30-10-11-37-26)15-17-8-9-18(34-2)12-23(17)35-3/h4-14,16H,15H2,1-3H3. The molecule has 0 radical (unpaired) electrons. The lowest BCUT2D eigenvalue weighted by molar-refractivity contribution is 0.210. The molecule has 0 aliphatic carbocycles. The number of hydrogen-bond donors (Lipinski definition) is 0. The van der Waals surface area contributed by atoms with Gasteiger partial charge in [-0.15, -0.1) is 11.3 Å². The highest BCUT2D eigenvalue weighted by molar-refractivity contribution is 7.93. The van der Waals surface area contributed by atoms with Gasteiger partial charge in [-0.2, -0.15) is 0 Å². The first kappa shape index (κ1) is 27.3. The monoisotopic (exact) mass is 564 g/mol. The van der Waals surface area contributed by atoms with Gasteiger partial charge in [-0.05, 0) is 25.1 Å². The van der Waals surface area contributed by atoms with Crippen LogP contribution in [-0.2, 0) is 16.6 Å². The largest absolute Gasteiger partial charge is 0.497 e. The summed E-state index contributed by atoms with van der Waals surface area (Å²) >= 11 is 1.01. The van der Waals surface area contributed by atoms with Crippen molar-refractivity contribution in [3.8, 4) is 17.2 Å². The molecule has 4 aromatic rings. The van der Waals surface area contributed by atoms with Crippen molar-refractivity contribution in [3.05, 3.63) is 94.8 Å². The molecule has 0 amide bonds. The Morgan fingerprint density at radius 1 is 0.947 bits per heavy atom. The number of anilines is 1. The Morgan fingerprint density at radius 2 is 1.71 bits per heavy atom. The molecule has 4 rings (SSSR count). The summed E-state index contributed by atoms with van der Waals surface area (Å²) in [5.41, 5.74) is 0.569. The first-order valence-electron chi connectivity index (χ1n) is 11.2. The van der Waals surface area contributed by atoms with E-state index in [4.69, 9.17) is 14.2 Å². The Kier molecular flexibility index (Phi) is 8.12. The quantitative estimate of drug-likeness (QED) is 0.231. The fourth-order valence-electron chi connectivity index (χ4n) is 3.71. The number of methoxy groups -OCH3 is 2. The van der Waals surface area contributed by atoms with Crippen molar-refractivity contribution in [3.63, 3.8) is 0 Å². The van der Waals surface area contributed by atoms with E-state index in [1.54, 1.807) is 29.6 Å². The lowest BCUT2D eigenvalue weighted by Gasteiger charge is -2.24. The second-order valence-corrected chi connectivity index (χ2v) is 10.7. The molecule has 12 heteroatoms. The Hall–Kier alpha value is -3.77. The number of ether oxygens (including phenoxy) is 3. The Balaban J connectivity index is 1.70. The molecule has 0 aliphatic rings. The first-order chi connectivity index (χ1) is 18.1. The van der Waals surface area contributed by atoms with E-state index >= 15 is 8.78 Å². The molecule has 1 heterocycles. The smallest absolute Gasteiger partial charge is 0.269 e. The molecular weight excluding hydrogens is 541 g/mol. The molecule has 1 unspecified atom stereocenters. The highest BCUT2D eigenvalue weighted by Gasteiger charge is 2.32. The van der Waals surface area contributed by atoms with Crippen molar-refractivity contribution in [2.45, 2.75) is 24.5 Å². The average Bonchev–Trinajstić information content (AvgIpc) is 3.43. The SMILES string of the molecule is COc1ccc(CN(c2nccs2)S(=O)(=O)c2cc(F)c(OC(C)c3ccccc3F)cc2F)c(OC)c1. The van der Waals surface area contributed by atoms with E-state index in [9.17, 15) is 12.8 Å². The van der Waals surface area contributed by atoms with Gasteiger partial charge in [0, 0.05) is 40.9 Å². The average molecular weight is 565 g/mol. The van der Waals surface area contributed by atoms with E-state index in [0.717, 1.165) is 15.6 Å². The number of aromatic nitrogens is 1. The second-order valence-electron chi connectivity index (χ2n) is 8.00. The van der Waals surface area contributed by atoms with Crippen LogP contribution >= 0.6 is 11.3 Å². The van der Waals surface area contributed by atoms with Gasteiger partial charge < -0.3 is 14.2 Å². The van der Waals surface area contributed by atoms with Crippen LogP contribution in [0.3, 0.4) is 0 Å².